The average Bonchev–Trinajstić information content (AvgIpc) is 0.763. The Morgan fingerprint density at radius 3 is 0.560 bits per heavy atom. The van der Waals surface area contributed by atoms with Gasteiger partial charge in [-0.15, -0.1) is 0 Å². The predicted octanol–water partition coefficient (Wildman–Crippen LogP) is 24.3. The monoisotopic (exact) mass is 1350 g/mol. The predicted molar refractivity (Wildman–Crippen MR) is 421 cm³/mol. The summed E-state index contributed by atoms with van der Waals surface area (Å²) in [5, 5.41) is 0. The molecule has 0 aliphatic heterocycles. The van der Waals surface area contributed by atoms with Gasteiger partial charge in [0.25, 0.3) is 0 Å². The quantitative estimate of drug-likeness (QED) is 0.0356. The Hall–Kier alpha value is -8.08. The van der Waals surface area contributed by atoms with Crippen molar-refractivity contribution in [3.05, 3.63) is 177 Å². The third kappa shape index (κ3) is 28.9. The van der Waals surface area contributed by atoms with Crippen molar-refractivity contribution in [2.75, 3.05) is 39.6 Å². The lowest BCUT2D eigenvalue weighted by Gasteiger charge is -2.20. The molecule has 0 N–H and O–H groups in total. The Labute approximate surface area is 608 Å². The molecule has 6 atom stereocenters. The minimum Gasteiger partial charge on any atom is -0.493 e. The Bertz CT molecular complexity index is 3410. The highest BCUT2D eigenvalue weighted by Gasteiger charge is 2.24. The molecule has 0 saturated heterocycles. The molecule has 6 heteroatoms. The van der Waals surface area contributed by atoms with E-state index in [2.05, 4.69) is 142 Å². The Morgan fingerprint density at radius 1 is 0.210 bits per heavy atom. The summed E-state index contributed by atoms with van der Waals surface area (Å²) in [6, 6.07) is 40.8. The minimum atomic E-state index is 0.268. The summed E-state index contributed by atoms with van der Waals surface area (Å²) < 4.78 is 39.6. The molecule has 6 aromatic rings. The van der Waals surface area contributed by atoms with Crippen LogP contribution in [-0.2, 0) is 0 Å². The second kappa shape index (κ2) is 47.9. The van der Waals surface area contributed by atoms with Crippen LogP contribution in [0.3, 0.4) is 0 Å². The van der Waals surface area contributed by atoms with Gasteiger partial charge in [0.1, 0.15) is 28.7 Å². The summed E-state index contributed by atoms with van der Waals surface area (Å²) >= 11 is 0. The summed E-state index contributed by atoms with van der Waals surface area (Å²) in [5.41, 5.74) is 7.08. The summed E-state index contributed by atoms with van der Waals surface area (Å²) in [6.45, 7) is 30.9. The van der Waals surface area contributed by atoms with Crippen molar-refractivity contribution in [1.29, 1.82) is 0 Å². The van der Waals surface area contributed by atoms with Gasteiger partial charge in [-0.1, -0.05) is 258 Å². The lowest BCUT2D eigenvalue weighted by Crippen LogP contribution is -2.14. The van der Waals surface area contributed by atoms with E-state index in [1.165, 1.54) is 64.2 Å². The number of unbranched alkanes of at least 4 members (excludes halogenated alkanes) is 6. The topological polar surface area (TPSA) is 55.4 Å². The Balaban J connectivity index is 1.68. The third-order valence-electron chi connectivity index (χ3n) is 19.5. The van der Waals surface area contributed by atoms with E-state index in [1.807, 2.05) is 121 Å². The molecule has 534 valence electrons. The van der Waals surface area contributed by atoms with Crippen molar-refractivity contribution >= 4 is 0 Å². The first-order valence-electron chi connectivity index (χ1n) is 39.1. The summed E-state index contributed by atoms with van der Waals surface area (Å²) in [4.78, 5) is 0. The van der Waals surface area contributed by atoms with Gasteiger partial charge in [0, 0.05) is 27.8 Å². The Kier molecular flexibility index (Phi) is 38.7. The van der Waals surface area contributed by atoms with Gasteiger partial charge in [-0.25, -0.2) is 0 Å². The highest BCUT2D eigenvalue weighted by atomic mass is 16.5. The van der Waals surface area contributed by atoms with Crippen molar-refractivity contribution in [1.82, 2.24) is 0 Å². The fraction of sp³-hybridized carbons (Fsp3) is 0.511. The molecule has 0 amide bonds. The van der Waals surface area contributed by atoms with Crippen molar-refractivity contribution < 1.29 is 28.4 Å². The molecule has 0 aliphatic carbocycles. The van der Waals surface area contributed by atoms with E-state index in [4.69, 9.17) is 28.4 Å². The summed E-state index contributed by atoms with van der Waals surface area (Å²) in [5.74, 6) is 44.1. The van der Waals surface area contributed by atoms with Gasteiger partial charge in [0.2, 0.25) is 0 Å². The van der Waals surface area contributed by atoms with Crippen molar-refractivity contribution in [3.8, 4) is 93.7 Å². The number of benzene rings is 6. The maximum atomic E-state index is 7.42. The van der Waals surface area contributed by atoms with Crippen LogP contribution < -0.4 is 28.4 Å². The van der Waals surface area contributed by atoms with Crippen LogP contribution in [0, 0.1) is 94.7 Å². The molecule has 6 nitrogen and oxygen atoms in total. The van der Waals surface area contributed by atoms with Gasteiger partial charge in [0.05, 0.1) is 67.5 Å². The van der Waals surface area contributed by atoms with Crippen LogP contribution >= 0.6 is 0 Å². The van der Waals surface area contributed by atoms with E-state index in [0.717, 1.165) is 146 Å². The number of hydrogen-bond acceptors (Lipinski definition) is 6. The van der Waals surface area contributed by atoms with Crippen molar-refractivity contribution in [3.63, 3.8) is 0 Å². The van der Waals surface area contributed by atoms with Gasteiger partial charge < -0.3 is 28.4 Å². The molecule has 0 aromatic heterocycles. The molecule has 0 saturated carbocycles. The first kappa shape index (κ1) is 80.9. The molecule has 0 spiro atoms. The van der Waals surface area contributed by atoms with Crippen LogP contribution in [0.25, 0.3) is 0 Å². The molecule has 100 heavy (non-hydrogen) atoms. The molecule has 6 unspecified atom stereocenters. The second-order valence-electron chi connectivity index (χ2n) is 27.4. The first-order chi connectivity index (χ1) is 49.0. The standard InChI is InChI=1S/C94H122O6/c1-13-25-31-73(19-7)67-95-84-52-37-79(38-53-84)47-62-89-90(63-48-80-39-54-85(55-40-80)96-68-74(20-8)32-26-14-2)92(65-50-82-43-58-87(59-44-82)98-70-76(22-10)34-28-16-4)94(100-72-78(24-12)36-30-18-6)93(66-51-83-45-60-88(61-46-83)99-71-77(23-11)35-29-17-5)91(89)64-49-81-41-56-86(57-42-81)97-69-75(21-9)33-27-15-3/h37-46,52-61,73-78H,13-36,67-72H2,1-12H3. The van der Waals surface area contributed by atoms with Gasteiger partial charge in [-0.2, -0.15) is 0 Å². The summed E-state index contributed by atoms with van der Waals surface area (Å²) in [7, 11) is 0. The fourth-order valence-corrected chi connectivity index (χ4v) is 12.0. The van der Waals surface area contributed by atoms with Crippen LogP contribution in [-0.4, -0.2) is 39.6 Å². The molecular formula is C94H122O6. The lowest BCUT2D eigenvalue weighted by atomic mass is 9.89. The van der Waals surface area contributed by atoms with Crippen LogP contribution in [0.1, 0.15) is 293 Å². The molecular weight excluding hydrogens is 1230 g/mol. The van der Waals surface area contributed by atoms with E-state index in [-0.39, 0.29) is 5.92 Å². The molecule has 6 aromatic carbocycles. The second-order valence-corrected chi connectivity index (χ2v) is 27.4. The van der Waals surface area contributed by atoms with E-state index in [1.54, 1.807) is 0 Å². The minimum absolute atomic E-state index is 0.268. The van der Waals surface area contributed by atoms with Crippen molar-refractivity contribution in [2.45, 2.75) is 237 Å². The fourth-order valence-electron chi connectivity index (χ4n) is 12.0. The van der Waals surface area contributed by atoms with Crippen molar-refractivity contribution in [2.24, 2.45) is 35.5 Å². The van der Waals surface area contributed by atoms with Crippen LogP contribution in [0.2, 0.25) is 0 Å². The maximum absolute atomic E-state index is 7.42. The van der Waals surface area contributed by atoms with Gasteiger partial charge in [-0.3, -0.25) is 0 Å². The molecule has 0 fully saturated rings. The summed E-state index contributed by atoms with van der Waals surface area (Å²) in [6.07, 6.45) is 27.2. The molecule has 0 heterocycles. The number of hydrogen-bond donors (Lipinski definition) is 0. The van der Waals surface area contributed by atoms with Crippen LogP contribution in [0.15, 0.2) is 121 Å². The normalized spacial score (nSPS) is 12.6. The molecule has 0 bridgehead atoms. The zero-order valence-corrected chi connectivity index (χ0v) is 63.7. The molecule has 0 radical (unpaired) electrons. The van der Waals surface area contributed by atoms with E-state index in [0.29, 0.717) is 103 Å². The van der Waals surface area contributed by atoms with E-state index in [9.17, 15) is 0 Å². The van der Waals surface area contributed by atoms with Crippen LogP contribution in [0.5, 0.6) is 34.5 Å². The van der Waals surface area contributed by atoms with Gasteiger partial charge >= 0.3 is 0 Å². The highest BCUT2D eigenvalue weighted by Crippen LogP contribution is 2.36. The van der Waals surface area contributed by atoms with E-state index < -0.39 is 0 Å². The van der Waals surface area contributed by atoms with Crippen LogP contribution in [0.4, 0.5) is 0 Å². The van der Waals surface area contributed by atoms with Gasteiger partial charge in [-0.05, 0) is 195 Å². The number of ether oxygens (including phenoxy) is 6. The SMILES string of the molecule is CCCCC(CC)COc1ccc(C#Cc2c(C#Cc3ccc(OCC(CC)CCCC)cc3)c(C#Cc3ccc(OCC(CC)CCCC)cc3)c(OCC(CC)CCCC)c(C#Cc3ccc(OCC(CC)CCCC)cc3)c2C#Cc2ccc(OCC(CC)CCCC)cc2)cc1. The molecule has 6 rings (SSSR count). The zero-order chi connectivity index (χ0) is 71.4. The number of rotatable bonds is 42. The zero-order valence-electron chi connectivity index (χ0n) is 63.7. The van der Waals surface area contributed by atoms with E-state index >= 15 is 0 Å². The largest absolute Gasteiger partial charge is 0.493 e. The Morgan fingerprint density at radius 2 is 0.380 bits per heavy atom. The smallest absolute Gasteiger partial charge is 0.153 e. The maximum Gasteiger partial charge on any atom is 0.153 e. The first-order valence-corrected chi connectivity index (χ1v) is 39.1. The lowest BCUT2D eigenvalue weighted by molar-refractivity contribution is 0.232. The molecule has 0 aliphatic rings. The average molecular weight is 1350 g/mol. The van der Waals surface area contributed by atoms with Gasteiger partial charge in [0.15, 0.2) is 5.75 Å². The third-order valence-corrected chi connectivity index (χ3v) is 19.5. The highest BCUT2D eigenvalue weighted by molar-refractivity contribution is 5.78.